The molecule has 1 heterocycles. The standard InChI is InChI=1S/C13H15FN2O2S/c14-10-4-1-2-5-11(10)19-9-13(18)16-7-3-6-15-12(17)8-16/h1-2,4-5H,3,6-9H2,(H,15,17). The maximum absolute atomic E-state index is 13.4. The average Bonchev–Trinajstić information content (AvgIpc) is 2.62. The van der Waals surface area contributed by atoms with Crippen LogP contribution in [-0.4, -0.2) is 42.1 Å². The van der Waals surface area contributed by atoms with E-state index in [0.29, 0.717) is 18.0 Å². The third-order valence-corrected chi connectivity index (χ3v) is 3.84. The van der Waals surface area contributed by atoms with E-state index in [-0.39, 0.29) is 29.9 Å². The lowest BCUT2D eigenvalue weighted by Gasteiger charge is -2.18. The molecular formula is C13H15FN2O2S. The van der Waals surface area contributed by atoms with E-state index in [0.717, 1.165) is 18.2 Å². The topological polar surface area (TPSA) is 49.4 Å². The number of nitrogens with zero attached hydrogens (tertiary/aromatic N) is 1. The molecule has 1 aromatic carbocycles. The normalized spacial score (nSPS) is 15.8. The Morgan fingerprint density at radius 3 is 3.00 bits per heavy atom. The molecule has 2 amide bonds. The lowest BCUT2D eigenvalue weighted by atomic mass is 10.3. The van der Waals surface area contributed by atoms with Crippen LogP contribution in [0.1, 0.15) is 6.42 Å². The van der Waals surface area contributed by atoms with Gasteiger partial charge in [-0.2, -0.15) is 0 Å². The van der Waals surface area contributed by atoms with Crippen LogP contribution in [0, 0.1) is 5.82 Å². The second kappa shape index (κ2) is 6.56. The first-order chi connectivity index (χ1) is 9.16. The van der Waals surface area contributed by atoms with E-state index in [1.165, 1.54) is 11.0 Å². The summed E-state index contributed by atoms with van der Waals surface area (Å²) in [4.78, 5) is 25.3. The maximum atomic E-state index is 13.4. The Balaban J connectivity index is 1.90. The van der Waals surface area contributed by atoms with Crippen molar-refractivity contribution in [2.45, 2.75) is 11.3 Å². The summed E-state index contributed by atoms with van der Waals surface area (Å²) in [5.74, 6) is -0.449. The monoisotopic (exact) mass is 282 g/mol. The van der Waals surface area contributed by atoms with Crippen LogP contribution in [0.25, 0.3) is 0 Å². The van der Waals surface area contributed by atoms with Gasteiger partial charge < -0.3 is 10.2 Å². The minimum absolute atomic E-state index is 0.0939. The van der Waals surface area contributed by atoms with Gasteiger partial charge in [-0.1, -0.05) is 12.1 Å². The van der Waals surface area contributed by atoms with Gasteiger partial charge in [-0.25, -0.2) is 4.39 Å². The number of carbonyl (C=O) groups is 2. The van der Waals surface area contributed by atoms with Crippen molar-refractivity contribution >= 4 is 23.6 Å². The van der Waals surface area contributed by atoms with Crippen LogP contribution >= 0.6 is 11.8 Å². The Bertz CT molecular complexity index is 481. The van der Waals surface area contributed by atoms with Gasteiger partial charge in [-0.15, -0.1) is 11.8 Å². The summed E-state index contributed by atoms with van der Waals surface area (Å²) in [7, 11) is 0. The molecule has 1 saturated heterocycles. The highest BCUT2D eigenvalue weighted by molar-refractivity contribution is 8.00. The Hall–Kier alpha value is -1.56. The van der Waals surface area contributed by atoms with Crippen LogP contribution < -0.4 is 5.32 Å². The molecule has 6 heteroatoms. The summed E-state index contributed by atoms with van der Waals surface area (Å²) >= 11 is 1.16. The molecule has 1 aliphatic heterocycles. The van der Waals surface area contributed by atoms with Crippen molar-refractivity contribution in [1.29, 1.82) is 0 Å². The second-order valence-electron chi connectivity index (χ2n) is 4.24. The molecular weight excluding hydrogens is 267 g/mol. The number of benzene rings is 1. The number of amides is 2. The molecule has 1 aromatic rings. The summed E-state index contributed by atoms with van der Waals surface area (Å²) in [6, 6.07) is 6.35. The van der Waals surface area contributed by atoms with Crippen molar-refractivity contribution in [3.63, 3.8) is 0 Å². The van der Waals surface area contributed by atoms with Crippen LogP contribution in [0.2, 0.25) is 0 Å². The van der Waals surface area contributed by atoms with E-state index in [4.69, 9.17) is 0 Å². The van der Waals surface area contributed by atoms with E-state index < -0.39 is 0 Å². The number of hydrogen-bond donors (Lipinski definition) is 1. The molecule has 1 fully saturated rings. The predicted molar refractivity (Wildman–Crippen MR) is 71.3 cm³/mol. The molecule has 0 aromatic heterocycles. The molecule has 1 aliphatic rings. The third kappa shape index (κ3) is 3.96. The molecule has 2 rings (SSSR count). The molecule has 4 nitrogen and oxygen atoms in total. The zero-order valence-corrected chi connectivity index (χ0v) is 11.2. The molecule has 19 heavy (non-hydrogen) atoms. The van der Waals surface area contributed by atoms with Gasteiger partial charge >= 0.3 is 0 Å². The summed E-state index contributed by atoms with van der Waals surface area (Å²) in [5, 5.41) is 2.71. The quantitative estimate of drug-likeness (QED) is 0.849. The number of carbonyl (C=O) groups excluding carboxylic acids is 2. The Morgan fingerprint density at radius 2 is 2.21 bits per heavy atom. The van der Waals surface area contributed by atoms with Gasteiger partial charge in [0, 0.05) is 18.0 Å². The Morgan fingerprint density at radius 1 is 1.42 bits per heavy atom. The van der Waals surface area contributed by atoms with E-state index in [1.807, 2.05) is 0 Å². The highest BCUT2D eigenvalue weighted by Crippen LogP contribution is 2.21. The molecule has 1 N–H and O–H groups in total. The fourth-order valence-electron chi connectivity index (χ4n) is 1.81. The van der Waals surface area contributed by atoms with Crippen molar-refractivity contribution < 1.29 is 14.0 Å². The third-order valence-electron chi connectivity index (χ3n) is 2.80. The summed E-state index contributed by atoms with van der Waals surface area (Å²) in [5.41, 5.74) is 0. The van der Waals surface area contributed by atoms with Gasteiger partial charge in [-0.3, -0.25) is 9.59 Å². The highest BCUT2D eigenvalue weighted by atomic mass is 32.2. The molecule has 0 spiro atoms. The minimum Gasteiger partial charge on any atom is -0.354 e. The lowest BCUT2D eigenvalue weighted by molar-refractivity contribution is -0.133. The second-order valence-corrected chi connectivity index (χ2v) is 5.26. The van der Waals surface area contributed by atoms with Crippen molar-refractivity contribution in [2.75, 3.05) is 25.4 Å². The first kappa shape index (κ1) is 13.9. The van der Waals surface area contributed by atoms with Crippen LogP contribution in [-0.2, 0) is 9.59 Å². The van der Waals surface area contributed by atoms with E-state index >= 15 is 0 Å². The molecule has 0 unspecified atom stereocenters. The van der Waals surface area contributed by atoms with E-state index in [9.17, 15) is 14.0 Å². The zero-order chi connectivity index (χ0) is 13.7. The largest absolute Gasteiger partial charge is 0.354 e. The smallest absolute Gasteiger partial charge is 0.239 e. The van der Waals surface area contributed by atoms with Crippen LogP contribution in [0.15, 0.2) is 29.2 Å². The fourth-order valence-corrected chi connectivity index (χ4v) is 2.65. The van der Waals surface area contributed by atoms with Crippen LogP contribution in [0.4, 0.5) is 4.39 Å². The number of hydrogen-bond acceptors (Lipinski definition) is 3. The fraction of sp³-hybridized carbons (Fsp3) is 0.385. The first-order valence-electron chi connectivity index (χ1n) is 6.08. The summed E-state index contributed by atoms with van der Waals surface area (Å²) < 4.78 is 13.4. The molecule has 0 radical (unpaired) electrons. The van der Waals surface area contributed by atoms with Crippen LogP contribution in [0.3, 0.4) is 0 Å². The molecule has 0 bridgehead atoms. The molecule has 0 aliphatic carbocycles. The Kier molecular flexibility index (Phi) is 4.79. The SMILES string of the molecule is O=C1CN(C(=O)CSc2ccccc2F)CCCN1. The molecule has 0 atom stereocenters. The van der Waals surface area contributed by atoms with Gasteiger partial charge in [0.05, 0.1) is 12.3 Å². The summed E-state index contributed by atoms with van der Waals surface area (Å²) in [6.45, 7) is 1.26. The maximum Gasteiger partial charge on any atom is 0.239 e. The minimum atomic E-state index is -0.325. The number of rotatable bonds is 3. The van der Waals surface area contributed by atoms with Gasteiger partial charge in [0.1, 0.15) is 5.82 Å². The van der Waals surface area contributed by atoms with Gasteiger partial charge in [0.2, 0.25) is 11.8 Å². The summed E-state index contributed by atoms with van der Waals surface area (Å²) in [6.07, 6.45) is 0.752. The first-order valence-corrected chi connectivity index (χ1v) is 7.07. The molecule has 0 saturated carbocycles. The van der Waals surface area contributed by atoms with Gasteiger partial charge in [-0.05, 0) is 18.6 Å². The average molecular weight is 282 g/mol. The number of nitrogens with one attached hydrogen (secondary N) is 1. The van der Waals surface area contributed by atoms with Crippen LogP contribution in [0.5, 0.6) is 0 Å². The lowest BCUT2D eigenvalue weighted by Crippen LogP contribution is -2.38. The van der Waals surface area contributed by atoms with Crippen molar-refractivity contribution in [1.82, 2.24) is 10.2 Å². The number of thioether (sulfide) groups is 1. The number of halogens is 1. The van der Waals surface area contributed by atoms with E-state index in [2.05, 4.69) is 5.32 Å². The van der Waals surface area contributed by atoms with Crippen molar-refractivity contribution in [3.8, 4) is 0 Å². The predicted octanol–water partition coefficient (Wildman–Crippen LogP) is 1.27. The van der Waals surface area contributed by atoms with Gasteiger partial charge in [0.25, 0.3) is 0 Å². The van der Waals surface area contributed by atoms with Crippen molar-refractivity contribution in [3.05, 3.63) is 30.1 Å². The van der Waals surface area contributed by atoms with Crippen molar-refractivity contribution in [2.24, 2.45) is 0 Å². The molecule has 102 valence electrons. The van der Waals surface area contributed by atoms with Gasteiger partial charge in [0.15, 0.2) is 0 Å². The highest BCUT2D eigenvalue weighted by Gasteiger charge is 2.19. The zero-order valence-electron chi connectivity index (χ0n) is 10.4. The Labute approximate surface area is 115 Å². The van der Waals surface area contributed by atoms with E-state index in [1.54, 1.807) is 18.2 Å².